The van der Waals surface area contributed by atoms with Gasteiger partial charge < -0.3 is 4.42 Å². The highest BCUT2D eigenvalue weighted by molar-refractivity contribution is 7.87. The largest absolute Gasteiger partial charge is 0.465 e. The van der Waals surface area contributed by atoms with Crippen molar-refractivity contribution in [1.29, 1.82) is 0 Å². The average molecular weight is 325 g/mol. The monoisotopic (exact) mass is 325 g/mol. The van der Waals surface area contributed by atoms with Crippen LogP contribution in [0.25, 0.3) is 0 Å². The van der Waals surface area contributed by atoms with Crippen molar-refractivity contribution in [3.63, 3.8) is 0 Å². The molecule has 8 nitrogen and oxygen atoms in total. The molecule has 0 spiro atoms. The molecule has 1 fully saturated rings. The van der Waals surface area contributed by atoms with E-state index in [0.29, 0.717) is 18.8 Å². The molecule has 1 N–H and O–H groups in total. The molecule has 0 radical (unpaired) electrons. The standard InChI is InChI=1S/C13H19N5O3S/c1-11-4-5-13(21-11)12-3-2-7-18(12)22(19,20)16-6-8-17-10-14-9-15-17/h4-5,9-10,12,16H,2-3,6-8H2,1H3. The van der Waals surface area contributed by atoms with E-state index in [1.165, 1.54) is 10.6 Å². The van der Waals surface area contributed by atoms with E-state index in [2.05, 4.69) is 14.8 Å². The van der Waals surface area contributed by atoms with E-state index < -0.39 is 10.2 Å². The fourth-order valence-corrected chi connectivity index (χ4v) is 4.09. The van der Waals surface area contributed by atoms with Crippen LogP contribution >= 0.6 is 0 Å². The summed E-state index contributed by atoms with van der Waals surface area (Å²) >= 11 is 0. The SMILES string of the molecule is Cc1ccc(C2CCCN2S(=O)(=O)NCCn2cncn2)o1. The summed E-state index contributed by atoms with van der Waals surface area (Å²) in [4.78, 5) is 3.82. The maximum Gasteiger partial charge on any atom is 0.280 e. The number of nitrogens with one attached hydrogen (secondary N) is 1. The van der Waals surface area contributed by atoms with Crippen LogP contribution in [0.4, 0.5) is 0 Å². The van der Waals surface area contributed by atoms with Gasteiger partial charge in [-0.3, -0.25) is 4.68 Å². The predicted molar refractivity (Wildman–Crippen MR) is 79.1 cm³/mol. The molecular formula is C13H19N5O3S. The summed E-state index contributed by atoms with van der Waals surface area (Å²) in [6.45, 7) is 3.07. The average Bonchev–Trinajstić information content (AvgIpc) is 3.18. The Morgan fingerprint density at radius 2 is 2.32 bits per heavy atom. The normalized spacial score (nSPS) is 19.8. The van der Waals surface area contributed by atoms with Crippen LogP contribution in [0.1, 0.15) is 30.4 Å². The Kier molecular flexibility index (Phi) is 4.27. The highest BCUT2D eigenvalue weighted by Crippen LogP contribution is 2.34. The van der Waals surface area contributed by atoms with Gasteiger partial charge in [-0.05, 0) is 31.9 Å². The molecule has 0 bridgehead atoms. The van der Waals surface area contributed by atoms with Gasteiger partial charge in [0.25, 0.3) is 10.2 Å². The van der Waals surface area contributed by atoms with E-state index in [1.54, 1.807) is 11.0 Å². The van der Waals surface area contributed by atoms with Crippen molar-refractivity contribution in [2.75, 3.05) is 13.1 Å². The molecule has 2 aromatic heterocycles. The third kappa shape index (κ3) is 3.21. The lowest BCUT2D eigenvalue weighted by Crippen LogP contribution is -2.41. The summed E-state index contributed by atoms with van der Waals surface area (Å²) in [5.41, 5.74) is 0. The Morgan fingerprint density at radius 1 is 1.45 bits per heavy atom. The van der Waals surface area contributed by atoms with Crippen LogP contribution in [-0.2, 0) is 16.8 Å². The molecule has 3 rings (SSSR count). The second-order valence-corrected chi connectivity index (χ2v) is 6.98. The predicted octanol–water partition coefficient (Wildman–Crippen LogP) is 0.851. The second kappa shape index (κ2) is 6.19. The van der Waals surface area contributed by atoms with Crippen molar-refractivity contribution in [3.8, 4) is 0 Å². The van der Waals surface area contributed by atoms with E-state index >= 15 is 0 Å². The van der Waals surface area contributed by atoms with Crippen LogP contribution in [0.2, 0.25) is 0 Å². The van der Waals surface area contributed by atoms with Crippen LogP contribution in [0.3, 0.4) is 0 Å². The molecule has 1 aliphatic heterocycles. The molecule has 0 saturated carbocycles. The first-order valence-electron chi connectivity index (χ1n) is 7.21. The van der Waals surface area contributed by atoms with Crippen molar-refractivity contribution in [2.24, 2.45) is 0 Å². The Bertz CT molecular complexity index is 710. The second-order valence-electron chi connectivity index (χ2n) is 5.28. The fourth-order valence-electron chi connectivity index (χ4n) is 2.66. The molecule has 1 saturated heterocycles. The molecule has 120 valence electrons. The molecule has 0 aliphatic carbocycles. The number of nitrogens with zero attached hydrogens (tertiary/aromatic N) is 4. The topological polar surface area (TPSA) is 93.3 Å². The van der Waals surface area contributed by atoms with Gasteiger partial charge in [0.05, 0.1) is 12.6 Å². The van der Waals surface area contributed by atoms with Crippen molar-refractivity contribution in [1.82, 2.24) is 23.8 Å². The van der Waals surface area contributed by atoms with E-state index in [9.17, 15) is 8.42 Å². The third-order valence-electron chi connectivity index (χ3n) is 3.69. The van der Waals surface area contributed by atoms with Crippen molar-refractivity contribution in [2.45, 2.75) is 32.4 Å². The Morgan fingerprint density at radius 3 is 3.00 bits per heavy atom. The number of hydrogen-bond donors (Lipinski definition) is 1. The van der Waals surface area contributed by atoms with Gasteiger partial charge in [0.15, 0.2) is 0 Å². The maximum atomic E-state index is 12.5. The summed E-state index contributed by atoms with van der Waals surface area (Å²) in [6, 6.07) is 3.48. The molecule has 9 heteroatoms. The van der Waals surface area contributed by atoms with Crippen molar-refractivity contribution < 1.29 is 12.8 Å². The zero-order valence-electron chi connectivity index (χ0n) is 12.3. The Hall–Kier alpha value is -1.71. The quantitative estimate of drug-likeness (QED) is 0.850. The summed E-state index contributed by atoms with van der Waals surface area (Å²) < 4.78 is 36.2. The minimum absolute atomic E-state index is 0.224. The van der Waals surface area contributed by atoms with Gasteiger partial charge in [-0.15, -0.1) is 0 Å². The molecule has 3 heterocycles. The number of rotatable bonds is 6. The van der Waals surface area contributed by atoms with Gasteiger partial charge in [-0.2, -0.15) is 17.8 Å². The smallest absolute Gasteiger partial charge is 0.280 e. The van der Waals surface area contributed by atoms with Crippen LogP contribution in [0, 0.1) is 6.92 Å². The van der Waals surface area contributed by atoms with Gasteiger partial charge in [0.2, 0.25) is 0 Å². The first-order valence-corrected chi connectivity index (χ1v) is 8.65. The van der Waals surface area contributed by atoms with Gasteiger partial charge >= 0.3 is 0 Å². The fraction of sp³-hybridized carbons (Fsp3) is 0.538. The van der Waals surface area contributed by atoms with Crippen molar-refractivity contribution >= 4 is 10.2 Å². The Balaban J connectivity index is 1.65. The number of aromatic nitrogens is 3. The molecule has 0 amide bonds. The van der Waals surface area contributed by atoms with Gasteiger partial charge in [-0.1, -0.05) is 0 Å². The summed E-state index contributed by atoms with van der Waals surface area (Å²) in [5, 5.41) is 3.94. The minimum atomic E-state index is -3.54. The summed E-state index contributed by atoms with van der Waals surface area (Å²) in [5.74, 6) is 1.50. The lowest BCUT2D eigenvalue weighted by molar-refractivity contribution is 0.330. The summed E-state index contributed by atoms with van der Waals surface area (Å²) in [7, 11) is -3.54. The lowest BCUT2D eigenvalue weighted by atomic mass is 10.2. The summed E-state index contributed by atoms with van der Waals surface area (Å²) in [6.07, 6.45) is 4.58. The first-order chi connectivity index (χ1) is 10.6. The van der Waals surface area contributed by atoms with Gasteiger partial charge in [0.1, 0.15) is 24.2 Å². The van der Waals surface area contributed by atoms with E-state index in [-0.39, 0.29) is 12.6 Å². The van der Waals surface area contributed by atoms with Gasteiger partial charge in [-0.25, -0.2) is 9.71 Å². The van der Waals surface area contributed by atoms with E-state index in [1.807, 2.05) is 19.1 Å². The molecule has 22 heavy (non-hydrogen) atoms. The van der Waals surface area contributed by atoms with Crippen LogP contribution in [-0.4, -0.2) is 40.6 Å². The number of hydrogen-bond acceptors (Lipinski definition) is 5. The van der Waals surface area contributed by atoms with Crippen LogP contribution in [0.5, 0.6) is 0 Å². The molecule has 2 aromatic rings. The molecule has 1 unspecified atom stereocenters. The molecular weight excluding hydrogens is 306 g/mol. The molecule has 0 aromatic carbocycles. The van der Waals surface area contributed by atoms with E-state index in [0.717, 1.165) is 18.6 Å². The number of aryl methyl sites for hydroxylation is 1. The van der Waals surface area contributed by atoms with Crippen molar-refractivity contribution in [3.05, 3.63) is 36.3 Å². The lowest BCUT2D eigenvalue weighted by Gasteiger charge is -2.22. The van der Waals surface area contributed by atoms with E-state index in [4.69, 9.17) is 4.42 Å². The highest BCUT2D eigenvalue weighted by atomic mass is 32.2. The third-order valence-corrected chi connectivity index (χ3v) is 5.32. The zero-order chi connectivity index (χ0) is 15.6. The van der Waals surface area contributed by atoms with Crippen LogP contribution in [0.15, 0.2) is 29.2 Å². The molecule has 1 aliphatic rings. The maximum absolute atomic E-state index is 12.5. The number of furan rings is 1. The first kappa shape index (κ1) is 15.2. The Labute approximate surface area is 129 Å². The molecule has 1 atom stereocenters. The van der Waals surface area contributed by atoms with Crippen LogP contribution < -0.4 is 4.72 Å². The minimum Gasteiger partial charge on any atom is -0.465 e. The zero-order valence-corrected chi connectivity index (χ0v) is 13.2. The highest BCUT2D eigenvalue weighted by Gasteiger charge is 2.36. The van der Waals surface area contributed by atoms with Gasteiger partial charge in [0, 0.05) is 13.1 Å².